The van der Waals surface area contributed by atoms with Crippen LogP contribution in [0.1, 0.15) is 12.0 Å². The molecule has 1 aromatic carbocycles. The minimum Gasteiger partial charge on any atom is -0.374 e. The van der Waals surface area contributed by atoms with Crippen LogP contribution in [0.3, 0.4) is 0 Å². The quantitative estimate of drug-likeness (QED) is 0.889. The van der Waals surface area contributed by atoms with E-state index in [4.69, 9.17) is 11.6 Å². The standard InChI is InChI=1S/C12H16ClF3N2/c1-17-8-9-3-4-10(13)7-11(9)18(2)6-5-12(14,15)16/h3-4,7,17H,5-6,8H2,1-2H3. The lowest BCUT2D eigenvalue weighted by Crippen LogP contribution is -2.25. The average molecular weight is 281 g/mol. The molecule has 0 bridgehead atoms. The molecule has 0 aromatic heterocycles. The van der Waals surface area contributed by atoms with E-state index >= 15 is 0 Å². The summed E-state index contributed by atoms with van der Waals surface area (Å²) in [6.45, 7) is 0.503. The molecule has 0 amide bonds. The van der Waals surface area contributed by atoms with E-state index in [0.29, 0.717) is 11.6 Å². The lowest BCUT2D eigenvalue weighted by Gasteiger charge is -2.23. The van der Waals surface area contributed by atoms with E-state index in [0.717, 1.165) is 11.3 Å². The number of benzene rings is 1. The molecule has 0 aliphatic rings. The van der Waals surface area contributed by atoms with Crippen molar-refractivity contribution in [2.45, 2.75) is 19.1 Å². The van der Waals surface area contributed by atoms with E-state index in [1.54, 1.807) is 31.1 Å². The van der Waals surface area contributed by atoms with Crippen molar-refractivity contribution in [1.29, 1.82) is 0 Å². The van der Waals surface area contributed by atoms with Crippen LogP contribution >= 0.6 is 11.6 Å². The van der Waals surface area contributed by atoms with E-state index < -0.39 is 12.6 Å². The number of alkyl halides is 3. The van der Waals surface area contributed by atoms with Gasteiger partial charge in [-0.2, -0.15) is 13.2 Å². The van der Waals surface area contributed by atoms with Gasteiger partial charge in [0.1, 0.15) is 0 Å². The minimum absolute atomic E-state index is 0.0828. The van der Waals surface area contributed by atoms with Gasteiger partial charge >= 0.3 is 6.18 Å². The zero-order valence-corrected chi connectivity index (χ0v) is 11.1. The van der Waals surface area contributed by atoms with Gasteiger partial charge in [0, 0.05) is 30.8 Å². The highest BCUT2D eigenvalue weighted by Gasteiger charge is 2.27. The van der Waals surface area contributed by atoms with E-state index in [9.17, 15) is 13.2 Å². The van der Waals surface area contributed by atoms with Crippen LogP contribution in [0.4, 0.5) is 18.9 Å². The largest absolute Gasteiger partial charge is 0.390 e. The summed E-state index contributed by atoms with van der Waals surface area (Å²) in [7, 11) is 3.42. The summed E-state index contributed by atoms with van der Waals surface area (Å²) in [6, 6.07) is 5.23. The summed E-state index contributed by atoms with van der Waals surface area (Å²) < 4.78 is 36.6. The molecule has 2 nitrogen and oxygen atoms in total. The van der Waals surface area contributed by atoms with Crippen molar-refractivity contribution in [2.24, 2.45) is 0 Å². The Kier molecular flexibility index (Phi) is 5.28. The smallest absolute Gasteiger partial charge is 0.374 e. The van der Waals surface area contributed by atoms with E-state index in [-0.39, 0.29) is 6.54 Å². The maximum atomic E-state index is 12.2. The fourth-order valence-electron chi connectivity index (χ4n) is 1.65. The Morgan fingerprint density at radius 1 is 1.33 bits per heavy atom. The van der Waals surface area contributed by atoms with Gasteiger partial charge in [0.25, 0.3) is 0 Å². The second-order valence-corrected chi connectivity index (χ2v) is 4.53. The van der Waals surface area contributed by atoms with Crippen molar-refractivity contribution >= 4 is 17.3 Å². The third-order valence-electron chi connectivity index (χ3n) is 2.56. The van der Waals surface area contributed by atoms with Gasteiger partial charge < -0.3 is 10.2 Å². The zero-order chi connectivity index (χ0) is 13.8. The van der Waals surface area contributed by atoms with Crippen molar-refractivity contribution in [3.05, 3.63) is 28.8 Å². The molecule has 1 rings (SSSR count). The fourth-order valence-corrected chi connectivity index (χ4v) is 1.81. The average Bonchev–Trinajstić information content (AvgIpc) is 2.27. The molecule has 0 heterocycles. The summed E-state index contributed by atoms with van der Waals surface area (Å²) in [6.07, 6.45) is -4.98. The number of nitrogens with zero attached hydrogens (tertiary/aromatic N) is 1. The maximum Gasteiger partial charge on any atom is 0.390 e. The third kappa shape index (κ3) is 4.74. The fraction of sp³-hybridized carbons (Fsp3) is 0.500. The summed E-state index contributed by atoms with van der Waals surface area (Å²) in [5.74, 6) is 0. The van der Waals surface area contributed by atoms with Crippen molar-refractivity contribution in [3.63, 3.8) is 0 Å². The summed E-state index contributed by atoms with van der Waals surface area (Å²) >= 11 is 5.88. The number of hydrogen-bond acceptors (Lipinski definition) is 2. The molecule has 0 aliphatic carbocycles. The molecule has 1 aromatic rings. The Hall–Kier alpha value is -0.940. The van der Waals surface area contributed by atoms with Crippen LogP contribution in [0.5, 0.6) is 0 Å². The topological polar surface area (TPSA) is 15.3 Å². The summed E-state index contributed by atoms with van der Waals surface area (Å²) in [4.78, 5) is 1.58. The van der Waals surface area contributed by atoms with Gasteiger partial charge in [0.2, 0.25) is 0 Å². The van der Waals surface area contributed by atoms with Gasteiger partial charge in [-0.05, 0) is 24.7 Å². The second kappa shape index (κ2) is 6.29. The van der Waals surface area contributed by atoms with E-state index in [1.165, 1.54) is 0 Å². The third-order valence-corrected chi connectivity index (χ3v) is 2.79. The molecule has 102 valence electrons. The Morgan fingerprint density at radius 3 is 2.56 bits per heavy atom. The number of rotatable bonds is 5. The van der Waals surface area contributed by atoms with Gasteiger partial charge in [0.15, 0.2) is 0 Å². The first-order valence-electron chi connectivity index (χ1n) is 5.54. The molecule has 1 N–H and O–H groups in total. The highest BCUT2D eigenvalue weighted by Crippen LogP contribution is 2.26. The number of hydrogen-bond donors (Lipinski definition) is 1. The SMILES string of the molecule is CNCc1ccc(Cl)cc1N(C)CCC(F)(F)F. The normalized spacial score (nSPS) is 11.7. The highest BCUT2D eigenvalue weighted by molar-refractivity contribution is 6.30. The van der Waals surface area contributed by atoms with Crippen LogP contribution in [-0.4, -0.2) is 26.8 Å². The molecule has 6 heteroatoms. The Morgan fingerprint density at radius 2 is 2.00 bits per heavy atom. The molecule has 0 saturated heterocycles. The van der Waals surface area contributed by atoms with Crippen LogP contribution in [0.25, 0.3) is 0 Å². The van der Waals surface area contributed by atoms with Crippen molar-refractivity contribution in [3.8, 4) is 0 Å². The highest BCUT2D eigenvalue weighted by atomic mass is 35.5. The number of anilines is 1. The first-order valence-corrected chi connectivity index (χ1v) is 5.92. The van der Waals surface area contributed by atoms with Gasteiger partial charge in [-0.1, -0.05) is 17.7 Å². The van der Waals surface area contributed by atoms with Gasteiger partial charge in [-0.25, -0.2) is 0 Å². The minimum atomic E-state index is -4.14. The predicted octanol–water partition coefficient (Wildman–Crippen LogP) is 3.45. The monoisotopic (exact) mass is 280 g/mol. The summed E-state index contributed by atoms with van der Waals surface area (Å²) in [5.41, 5.74) is 1.65. The van der Waals surface area contributed by atoms with Crippen LogP contribution in [0.2, 0.25) is 5.02 Å². The van der Waals surface area contributed by atoms with Crippen LogP contribution in [-0.2, 0) is 6.54 Å². The van der Waals surface area contributed by atoms with Gasteiger partial charge in [-0.15, -0.1) is 0 Å². The zero-order valence-electron chi connectivity index (χ0n) is 10.3. The predicted molar refractivity (Wildman–Crippen MR) is 68.2 cm³/mol. The van der Waals surface area contributed by atoms with Crippen LogP contribution in [0, 0.1) is 0 Å². The van der Waals surface area contributed by atoms with Crippen LogP contribution in [0.15, 0.2) is 18.2 Å². The van der Waals surface area contributed by atoms with Crippen molar-refractivity contribution in [2.75, 3.05) is 25.5 Å². The Bertz CT molecular complexity index is 393. The summed E-state index contributed by atoms with van der Waals surface area (Å²) in [5, 5.41) is 3.50. The molecular formula is C12H16ClF3N2. The van der Waals surface area contributed by atoms with Gasteiger partial charge in [-0.3, -0.25) is 0 Å². The first kappa shape index (κ1) is 15.1. The number of nitrogens with one attached hydrogen (secondary N) is 1. The molecule has 0 unspecified atom stereocenters. The lowest BCUT2D eigenvalue weighted by molar-refractivity contribution is -0.132. The lowest BCUT2D eigenvalue weighted by atomic mass is 10.1. The molecule has 0 atom stereocenters. The van der Waals surface area contributed by atoms with Crippen molar-refractivity contribution in [1.82, 2.24) is 5.32 Å². The molecule has 0 fully saturated rings. The second-order valence-electron chi connectivity index (χ2n) is 4.09. The molecule has 0 radical (unpaired) electrons. The maximum absolute atomic E-state index is 12.2. The van der Waals surface area contributed by atoms with E-state index in [1.807, 2.05) is 6.07 Å². The van der Waals surface area contributed by atoms with Crippen LogP contribution < -0.4 is 10.2 Å². The molecular weight excluding hydrogens is 265 g/mol. The first-order chi connectivity index (χ1) is 8.33. The molecule has 18 heavy (non-hydrogen) atoms. The van der Waals surface area contributed by atoms with E-state index in [2.05, 4.69) is 5.32 Å². The van der Waals surface area contributed by atoms with Crippen molar-refractivity contribution < 1.29 is 13.2 Å². The molecule has 0 saturated carbocycles. The Balaban J connectivity index is 2.82. The number of halogens is 4. The van der Waals surface area contributed by atoms with Gasteiger partial charge in [0.05, 0.1) is 6.42 Å². The Labute approximate surface area is 110 Å². The molecule has 0 aliphatic heterocycles. The molecule has 0 spiro atoms.